The third-order valence-corrected chi connectivity index (χ3v) is 3.98. The first-order chi connectivity index (χ1) is 10.9. The highest BCUT2D eigenvalue weighted by Gasteiger charge is 2.25. The van der Waals surface area contributed by atoms with Gasteiger partial charge in [-0.25, -0.2) is 4.79 Å². The van der Waals surface area contributed by atoms with Gasteiger partial charge < -0.3 is 9.64 Å². The summed E-state index contributed by atoms with van der Waals surface area (Å²) in [5.74, 6) is 0. The van der Waals surface area contributed by atoms with Crippen molar-refractivity contribution in [1.29, 1.82) is 0 Å². The molecule has 3 heteroatoms. The second-order valence-corrected chi connectivity index (χ2v) is 7.00. The highest BCUT2D eigenvalue weighted by Crippen LogP contribution is 2.27. The predicted octanol–water partition coefficient (Wildman–Crippen LogP) is 4.65. The third kappa shape index (κ3) is 3.73. The van der Waals surface area contributed by atoms with Crippen molar-refractivity contribution >= 4 is 6.09 Å². The van der Waals surface area contributed by atoms with Crippen molar-refractivity contribution in [3.8, 4) is 11.1 Å². The van der Waals surface area contributed by atoms with Crippen LogP contribution in [-0.2, 0) is 17.7 Å². The number of nitrogens with zero attached hydrogens (tertiary/aromatic N) is 1. The minimum Gasteiger partial charge on any atom is -0.444 e. The fourth-order valence-corrected chi connectivity index (χ4v) is 2.85. The van der Waals surface area contributed by atoms with Gasteiger partial charge in [-0.05, 0) is 49.4 Å². The number of rotatable bonds is 1. The molecular weight excluding hydrogens is 286 g/mol. The first-order valence-corrected chi connectivity index (χ1v) is 8.07. The number of benzene rings is 2. The summed E-state index contributed by atoms with van der Waals surface area (Å²) in [6, 6.07) is 16.9. The summed E-state index contributed by atoms with van der Waals surface area (Å²) in [6.07, 6.45) is 0.644. The van der Waals surface area contributed by atoms with Crippen molar-refractivity contribution < 1.29 is 9.53 Å². The number of fused-ring (bicyclic) bond motifs is 1. The molecule has 0 saturated carbocycles. The highest BCUT2D eigenvalue weighted by molar-refractivity contribution is 5.69. The summed E-state index contributed by atoms with van der Waals surface area (Å²) in [5, 5.41) is 0. The molecular formula is C20H23NO2. The molecule has 0 radical (unpaired) electrons. The van der Waals surface area contributed by atoms with Gasteiger partial charge in [0.2, 0.25) is 0 Å². The van der Waals surface area contributed by atoms with E-state index in [1.54, 1.807) is 4.90 Å². The number of carbonyl (C=O) groups excluding carboxylic acids is 1. The molecule has 2 aromatic rings. The molecule has 1 amide bonds. The molecule has 3 nitrogen and oxygen atoms in total. The molecule has 23 heavy (non-hydrogen) atoms. The van der Waals surface area contributed by atoms with E-state index < -0.39 is 5.60 Å². The Hall–Kier alpha value is -2.29. The Morgan fingerprint density at radius 1 is 1.00 bits per heavy atom. The monoisotopic (exact) mass is 309 g/mol. The molecule has 0 bridgehead atoms. The van der Waals surface area contributed by atoms with Crippen molar-refractivity contribution in [3.05, 3.63) is 59.7 Å². The lowest BCUT2D eigenvalue weighted by Gasteiger charge is -2.31. The largest absolute Gasteiger partial charge is 0.444 e. The van der Waals surface area contributed by atoms with E-state index in [2.05, 4.69) is 42.5 Å². The number of amides is 1. The van der Waals surface area contributed by atoms with Gasteiger partial charge in [0.1, 0.15) is 5.60 Å². The van der Waals surface area contributed by atoms with Crippen LogP contribution in [0.3, 0.4) is 0 Å². The van der Waals surface area contributed by atoms with Crippen LogP contribution in [0.2, 0.25) is 0 Å². The zero-order valence-electron chi connectivity index (χ0n) is 14.0. The van der Waals surface area contributed by atoms with Crippen LogP contribution in [0.4, 0.5) is 4.79 Å². The van der Waals surface area contributed by atoms with Gasteiger partial charge >= 0.3 is 6.09 Å². The maximum atomic E-state index is 12.2. The number of ether oxygens (including phenoxy) is 1. The van der Waals surface area contributed by atoms with Gasteiger partial charge in [0.25, 0.3) is 0 Å². The number of hydrogen-bond donors (Lipinski definition) is 0. The van der Waals surface area contributed by atoms with E-state index in [-0.39, 0.29) is 6.09 Å². The molecule has 0 spiro atoms. The molecule has 0 N–H and O–H groups in total. The standard InChI is InChI=1S/C20H23NO2/c1-20(2,3)23-19(22)21-12-11-17-13-16(9-10-18(17)14-21)15-7-5-4-6-8-15/h4-10,13H,11-12,14H2,1-3H3. The van der Waals surface area contributed by atoms with E-state index in [9.17, 15) is 4.79 Å². The van der Waals surface area contributed by atoms with Gasteiger partial charge in [0.05, 0.1) is 0 Å². The molecule has 1 heterocycles. The van der Waals surface area contributed by atoms with E-state index in [1.165, 1.54) is 22.3 Å². The maximum absolute atomic E-state index is 12.2. The second-order valence-electron chi connectivity index (χ2n) is 7.00. The molecule has 0 saturated heterocycles. The molecule has 0 unspecified atom stereocenters. The lowest BCUT2D eigenvalue weighted by atomic mass is 9.95. The summed E-state index contributed by atoms with van der Waals surface area (Å²) >= 11 is 0. The Kier molecular flexibility index (Phi) is 4.12. The van der Waals surface area contributed by atoms with Crippen molar-refractivity contribution in [1.82, 2.24) is 4.90 Å². The summed E-state index contributed by atoms with van der Waals surface area (Å²) in [5.41, 5.74) is 4.54. The van der Waals surface area contributed by atoms with E-state index in [4.69, 9.17) is 4.74 Å². The van der Waals surface area contributed by atoms with Crippen LogP contribution < -0.4 is 0 Å². The van der Waals surface area contributed by atoms with Gasteiger partial charge in [-0.15, -0.1) is 0 Å². The second kappa shape index (κ2) is 6.07. The van der Waals surface area contributed by atoms with Gasteiger partial charge in [-0.3, -0.25) is 0 Å². The first kappa shape index (κ1) is 15.6. The van der Waals surface area contributed by atoms with Gasteiger partial charge in [0.15, 0.2) is 0 Å². The number of hydrogen-bond acceptors (Lipinski definition) is 2. The Morgan fingerprint density at radius 2 is 1.74 bits per heavy atom. The van der Waals surface area contributed by atoms with Crippen LogP contribution in [0.15, 0.2) is 48.5 Å². The highest BCUT2D eigenvalue weighted by atomic mass is 16.6. The Labute approximate surface area is 137 Å². The fourth-order valence-electron chi connectivity index (χ4n) is 2.85. The Balaban J connectivity index is 1.77. The fraction of sp³-hybridized carbons (Fsp3) is 0.350. The van der Waals surface area contributed by atoms with Crippen LogP contribution in [0.1, 0.15) is 31.9 Å². The van der Waals surface area contributed by atoms with Crippen LogP contribution in [0.5, 0.6) is 0 Å². The molecule has 0 aromatic heterocycles. The van der Waals surface area contributed by atoms with E-state index in [1.807, 2.05) is 26.8 Å². The predicted molar refractivity (Wildman–Crippen MR) is 92.2 cm³/mol. The molecule has 3 rings (SSSR count). The quantitative estimate of drug-likeness (QED) is 0.767. The topological polar surface area (TPSA) is 29.5 Å². The lowest BCUT2D eigenvalue weighted by molar-refractivity contribution is 0.0224. The van der Waals surface area contributed by atoms with Gasteiger partial charge in [-0.2, -0.15) is 0 Å². The molecule has 0 aliphatic carbocycles. The van der Waals surface area contributed by atoms with E-state index >= 15 is 0 Å². The Morgan fingerprint density at radius 3 is 2.43 bits per heavy atom. The zero-order valence-corrected chi connectivity index (χ0v) is 14.0. The Bertz CT molecular complexity index is 701. The van der Waals surface area contributed by atoms with Crippen molar-refractivity contribution in [2.24, 2.45) is 0 Å². The van der Waals surface area contributed by atoms with Gasteiger partial charge in [0, 0.05) is 13.1 Å². The lowest BCUT2D eigenvalue weighted by Crippen LogP contribution is -2.39. The maximum Gasteiger partial charge on any atom is 0.410 e. The molecule has 1 aliphatic rings. The van der Waals surface area contributed by atoms with Crippen LogP contribution in [0, 0.1) is 0 Å². The first-order valence-electron chi connectivity index (χ1n) is 8.07. The third-order valence-electron chi connectivity index (χ3n) is 3.98. The molecule has 2 aromatic carbocycles. The summed E-state index contributed by atoms with van der Waals surface area (Å²) in [7, 11) is 0. The van der Waals surface area contributed by atoms with Crippen molar-refractivity contribution in [2.45, 2.75) is 39.3 Å². The zero-order chi connectivity index (χ0) is 16.4. The molecule has 1 aliphatic heterocycles. The van der Waals surface area contributed by atoms with Crippen molar-refractivity contribution in [2.75, 3.05) is 6.54 Å². The van der Waals surface area contributed by atoms with E-state index in [0.717, 1.165) is 6.42 Å². The normalized spacial score (nSPS) is 14.3. The van der Waals surface area contributed by atoms with Crippen LogP contribution >= 0.6 is 0 Å². The summed E-state index contributed by atoms with van der Waals surface area (Å²) in [6.45, 7) is 7.03. The molecule has 0 fully saturated rings. The minimum absolute atomic E-state index is 0.227. The van der Waals surface area contributed by atoms with Crippen LogP contribution in [0.25, 0.3) is 11.1 Å². The molecule has 0 atom stereocenters. The average molecular weight is 309 g/mol. The average Bonchev–Trinajstić information content (AvgIpc) is 2.53. The van der Waals surface area contributed by atoms with Gasteiger partial charge in [-0.1, -0.05) is 48.5 Å². The van der Waals surface area contributed by atoms with Crippen molar-refractivity contribution in [3.63, 3.8) is 0 Å². The minimum atomic E-state index is -0.450. The molecule has 120 valence electrons. The summed E-state index contributed by atoms with van der Waals surface area (Å²) in [4.78, 5) is 14.0. The SMILES string of the molecule is CC(C)(C)OC(=O)N1CCc2cc(-c3ccccc3)ccc2C1. The number of carbonyl (C=O) groups is 1. The van der Waals surface area contributed by atoms with E-state index in [0.29, 0.717) is 13.1 Å². The summed E-state index contributed by atoms with van der Waals surface area (Å²) < 4.78 is 5.47. The van der Waals surface area contributed by atoms with Crippen LogP contribution in [-0.4, -0.2) is 23.1 Å². The smallest absolute Gasteiger partial charge is 0.410 e.